The van der Waals surface area contributed by atoms with E-state index in [0.29, 0.717) is 17.1 Å². The summed E-state index contributed by atoms with van der Waals surface area (Å²) in [6, 6.07) is 21.0. The summed E-state index contributed by atoms with van der Waals surface area (Å²) in [7, 11) is -3.87. The number of nitrogens with one attached hydrogen (secondary N) is 3. The molecule has 4 aromatic rings. The lowest BCUT2D eigenvalue weighted by molar-refractivity contribution is 0.0937. The monoisotopic (exact) mass is 474 g/mol. The van der Waals surface area contributed by atoms with Crippen molar-refractivity contribution in [1.82, 2.24) is 15.3 Å². The molecule has 0 aliphatic carbocycles. The van der Waals surface area contributed by atoms with E-state index in [1.54, 1.807) is 31.3 Å². The van der Waals surface area contributed by atoms with E-state index >= 15 is 0 Å². The van der Waals surface area contributed by atoms with Crippen LogP contribution in [-0.4, -0.2) is 24.3 Å². The Kier molecular flexibility index (Phi) is 6.51. The van der Waals surface area contributed by atoms with Crippen molar-refractivity contribution in [3.05, 3.63) is 102 Å². The van der Waals surface area contributed by atoms with Crippen LogP contribution in [-0.2, 0) is 10.0 Å². The van der Waals surface area contributed by atoms with E-state index < -0.39 is 16.1 Å². The van der Waals surface area contributed by atoms with E-state index in [4.69, 9.17) is 0 Å². The topological polar surface area (TPSA) is 104 Å². The molecule has 1 amide bonds. The number of H-pyrrole nitrogens is 1. The number of aryl methyl sites for hydroxylation is 2. The van der Waals surface area contributed by atoms with Crippen LogP contribution in [0.4, 0.5) is 5.69 Å². The van der Waals surface area contributed by atoms with Crippen LogP contribution in [0.1, 0.15) is 40.3 Å². The Bertz CT molecular complexity index is 1430. The molecule has 34 heavy (non-hydrogen) atoms. The number of aromatic amines is 1. The van der Waals surface area contributed by atoms with Crippen LogP contribution >= 0.6 is 0 Å². The fourth-order valence-corrected chi connectivity index (χ4v) is 4.72. The van der Waals surface area contributed by atoms with Crippen LogP contribution in [0.15, 0.2) is 83.9 Å². The van der Waals surface area contributed by atoms with Gasteiger partial charge in [-0.3, -0.25) is 9.52 Å². The predicted molar refractivity (Wildman–Crippen MR) is 133 cm³/mol. The van der Waals surface area contributed by atoms with Crippen LogP contribution in [0.5, 0.6) is 0 Å². The van der Waals surface area contributed by atoms with Crippen molar-refractivity contribution in [1.29, 1.82) is 0 Å². The number of sulfonamides is 1. The summed E-state index contributed by atoms with van der Waals surface area (Å²) in [5, 5.41) is 2.91. The van der Waals surface area contributed by atoms with Crippen molar-refractivity contribution in [3.8, 4) is 11.3 Å². The third-order valence-electron chi connectivity index (χ3n) is 5.59. The number of hydrogen-bond acceptors (Lipinski definition) is 4. The van der Waals surface area contributed by atoms with E-state index in [9.17, 15) is 13.2 Å². The van der Waals surface area contributed by atoms with Gasteiger partial charge < -0.3 is 10.3 Å². The molecule has 1 atom stereocenters. The normalized spacial score (nSPS) is 12.2. The molecule has 1 aromatic heterocycles. The molecule has 0 spiro atoms. The average Bonchev–Trinajstić information content (AvgIpc) is 3.32. The lowest BCUT2D eigenvalue weighted by atomic mass is 10.1. The van der Waals surface area contributed by atoms with Gasteiger partial charge in [-0.05, 0) is 55.7 Å². The Labute approximate surface area is 199 Å². The maximum Gasteiger partial charge on any atom is 0.261 e. The van der Waals surface area contributed by atoms with Crippen molar-refractivity contribution in [2.75, 3.05) is 4.72 Å². The zero-order chi connectivity index (χ0) is 24.3. The van der Waals surface area contributed by atoms with E-state index in [1.165, 1.54) is 12.1 Å². The molecule has 3 N–H and O–H groups in total. The Morgan fingerprint density at radius 1 is 0.941 bits per heavy atom. The third kappa shape index (κ3) is 5.02. The largest absolute Gasteiger partial charge is 0.342 e. The van der Waals surface area contributed by atoms with Gasteiger partial charge in [0.25, 0.3) is 15.9 Å². The number of aromatic nitrogens is 2. The molecular formula is C26H26N4O3S. The SMILES string of the molecule is Cc1ccccc1NS(=O)(=O)c1ccc(C)c(C(=O)NC(C)c2ncc(-c3ccccc3)[nH]2)c1. The molecular weight excluding hydrogens is 448 g/mol. The van der Waals surface area contributed by atoms with Gasteiger partial charge in [-0.2, -0.15) is 0 Å². The highest BCUT2D eigenvalue weighted by molar-refractivity contribution is 7.92. The van der Waals surface area contributed by atoms with Crippen molar-refractivity contribution in [2.24, 2.45) is 0 Å². The molecule has 0 aliphatic heterocycles. The number of rotatable bonds is 7. The number of imidazole rings is 1. The third-order valence-corrected chi connectivity index (χ3v) is 6.95. The molecule has 0 saturated heterocycles. The Morgan fingerprint density at radius 3 is 2.38 bits per heavy atom. The van der Waals surface area contributed by atoms with Crippen LogP contribution < -0.4 is 10.0 Å². The minimum absolute atomic E-state index is 0.0171. The minimum Gasteiger partial charge on any atom is -0.342 e. The predicted octanol–water partition coefficient (Wildman–Crippen LogP) is 4.99. The number of para-hydroxylation sites is 1. The fraction of sp³-hybridized carbons (Fsp3) is 0.154. The Morgan fingerprint density at radius 2 is 1.65 bits per heavy atom. The standard InChI is InChI=1S/C26H26N4O3S/c1-17-13-14-21(34(32,33)30-23-12-8-7-9-18(23)2)15-22(17)26(31)28-19(3)25-27-16-24(29-25)20-10-5-4-6-11-20/h4-16,19,30H,1-3H3,(H,27,29)(H,28,31). The van der Waals surface area contributed by atoms with Gasteiger partial charge in [0.1, 0.15) is 5.82 Å². The molecule has 0 saturated carbocycles. The summed E-state index contributed by atoms with van der Waals surface area (Å²) in [6.07, 6.45) is 1.73. The molecule has 1 unspecified atom stereocenters. The van der Waals surface area contributed by atoms with E-state index in [1.807, 2.05) is 56.3 Å². The Balaban J connectivity index is 1.53. The molecule has 0 bridgehead atoms. The molecule has 3 aromatic carbocycles. The highest BCUT2D eigenvalue weighted by Gasteiger charge is 2.21. The lowest BCUT2D eigenvalue weighted by Gasteiger charge is -2.15. The molecule has 4 rings (SSSR count). The van der Waals surface area contributed by atoms with Gasteiger partial charge in [0.05, 0.1) is 28.5 Å². The summed E-state index contributed by atoms with van der Waals surface area (Å²) in [4.78, 5) is 20.7. The molecule has 0 fully saturated rings. The highest BCUT2D eigenvalue weighted by Crippen LogP contribution is 2.23. The second-order valence-electron chi connectivity index (χ2n) is 8.14. The molecule has 1 heterocycles. The highest BCUT2D eigenvalue weighted by atomic mass is 32.2. The lowest BCUT2D eigenvalue weighted by Crippen LogP contribution is -2.28. The summed E-state index contributed by atoms with van der Waals surface area (Å²) in [5.41, 5.74) is 4.10. The van der Waals surface area contributed by atoms with Gasteiger partial charge in [0.2, 0.25) is 0 Å². The van der Waals surface area contributed by atoms with Gasteiger partial charge >= 0.3 is 0 Å². The number of benzene rings is 3. The Hall–Kier alpha value is -3.91. The second-order valence-corrected chi connectivity index (χ2v) is 9.82. The number of nitrogens with zero attached hydrogens (tertiary/aromatic N) is 1. The smallest absolute Gasteiger partial charge is 0.261 e. The number of carbonyl (C=O) groups excluding carboxylic acids is 1. The number of carbonyl (C=O) groups is 1. The number of hydrogen-bond donors (Lipinski definition) is 3. The van der Waals surface area contributed by atoms with Crippen molar-refractivity contribution < 1.29 is 13.2 Å². The summed E-state index contributed by atoms with van der Waals surface area (Å²) in [6.45, 7) is 5.41. The molecule has 0 aliphatic rings. The van der Waals surface area contributed by atoms with Crippen LogP contribution in [0.2, 0.25) is 0 Å². The number of amides is 1. The van der Waals surface area contributed by atoms with Gasteiger partial charge in [-0.1, -0.05) is 54.6 Å². The van der Waals surface area contributed by atoms with E-state index in [2.05, 4.69) is 20.0 Å². The zero-order valence-corrected chi connectivity index (χ0v) is 20.0. The van der Waals surface area contributed by atoms with Crippen molar-refractivity contribution in [3.63, 3.8) is 0 Å². The quantitative estimate of drug-likeness (QED) is 0.351. The fourth-order valence-electron chi connectivity index (χ4n) is 3.57. The van der Waals surface area contributed by atoms with Crippen LogP contribution in [0.3, 0.4) is 0 Å². The van der Waals surface area contributed by atoms with Crippen molar-refractivity contribution >= 4 is 21.6 Å². The summed E-state index contributed by atoms with van der Waals surface area (Å²) < 4.78 is 28.5. The molecule has 8 heteroatoms. The van der Waals surface area contributed by atoms with Crippen molar-refractivity contribution in [2.45, 2.75) is 31.7 Å². The first kappa shape index (κ1) is 23.3. The van der Waals surface area contributed by atoms with Gasteiger partial charge in [0.15, 0.2) is 0 Å². The maximum atomic E-state index is 13.0. The number of anilines is 1. The summed E-state index contributed by atoms with van der Waals surface area (Å²) in [5.74, 6) is 0.227. The molecule has 7 nitrogen and oxygen atoms in total. The maximum absolute atomic E-state index is 13.0. The van der Waals surface area contributed by atoms with E-state index in [-0.39, 0.29) is 16.4 Å². The van der Waals surface area contributed by atoms with E-state index in [0.717, 1.165) is 16.8 Å². The zero-order valence-electron chi connectivity index (χ0n) is 19.2. The van der Waals surface area contributed by atoms with Gasteiger partial charge in [0, 0.05) is 5.56 Å². The first-order valence-corrected chi connectivity index (χ1v) is 12.3. The molecule has 0 radical (unpaired) electrons. The first-order chi connectivity index (χ1) is 16.2. The van der Waals surface area contributed by atoms with Gasteiger partial charge in [-0.25, -0.2) is 13.4 Å². The van der Waals surface area contributed by atoms with Crippen LogP contribution in [0.25, 0.3) is 11.3 Å². The van der Waals surface area contributed by atoms with Gasteiger partial charge in [-0.15, -0.1) is 0 Å². The average molecular weight is 475 g/mol. The summed E-state index contributed by atoms with van der Waals surface area (Å²) >= 11 is 0. The molecule has 174 valence electrons. The first-order valence-electron chi connectivity index (χ1n) is 10.8. The minimum atomic E-state index is -3.87. The second kappa shape index (κ2) is 9.52. The van der Waals surface area contributed by atoms with Crippen LogP contribution in [0, 0.1) is 13.8 Å².